The molecular formula is C19H18F2N2O3. The molecule has 0 fully saturated rings. The number of amides is 1. The highest BCUT2D eigenvalue weighted by Gasteiger charge is 2.15. The fourth-order valence-corrected chi connectivity index (χ4v) is 2.67. The van der Waals surface area contributed by atoms with E-state index in [1.165, 1.54) is 12.1 Å². The monoisotopic (exact) mass is 360 g/mol. The van der Waals surface area contributed by atoms with Gasteiger partial charge in [0.25, 0.3) is 5.91 Å². The molecule has 136 valence electrons. The molecule has 0 saturated heterocycles. The highest BCUT2D eigenvalue weighted by atomic mass is 19.3. The number of nitrogens with one attached hydrogen (secondary N) is 2. The number of rotatable bonds is 6. The number of alkyl halides is 2. The number of aromatic amines is 1. The Balaban J connectivity index is 1.75. The van der Waals surface area contributed by atoms with E-state index in [1.807, 2.05) is 12.1 Å². The number of carbonyl (C=O) groups is 1. The lowest BCUT2D eigenvalue weighted by atomic mass is 10.1. The number of methoxy groups -OCH3 is 1. The first-order valence-electron chi connectivity index (χ1n) is 7.98. The summed E-state index contributed by atoms with van der Waals surface area (Å²) in [5.74, 6) is 0.444. The summed E-state index contributed by atoms with van der Waals surface area (Å²) in [7, 11) is 1.57. The predicted octanol–water partition coefficient (Wildman–Crippen LogP) is 4.27. The molecule has 2 N–H and O–H groups in total. The summed E-state index contributed by atoms with van der Waals surface area (Å²) in [5.41, 5.74) is 1.85. The highest BCUT2D eigenvalue weighted by Crippen LogP contribution is 2.23. The van der Waals surface area contributed by atoms with Crippen LogP contribution < -0.4 is 14.8 Å². The number of aromatic nitrogens is 1. The summed E-state index contributed by atoms with van der Waals surface area (Å²) in [6, 6.07) is 13.1. The third kappa shape index (κ3) is 3.93. The van der Waals surface area contributed by atoms with Crippen molar-refractivity contribution in [2.45, 2.75) is 19.6 Å². The van der Waals surface area contributed by atoms with E-state index >= 15 is 0 Å². The summed E-state index contributed by atoms with van der Waals surface area (Å²) >= 11 is 0. The molecule has 1 heterocycles. The van der Waals surface area contributed by atoms with Crippen LogP contribution in [0, 0.1) is 0 Å². The lowest BCUT2D eigenvalue weighted by Gasteiger charge is -2.15. The van der Waals surface area contributed by atoms with E-state index in [1.54, 1.807) is 38.3 Å². The number of benzene rings is 2. The first-order chi connectivity index (χ1) is 12.5. The molecule has 3 rings (SSSR count). The molecule has 2 aromatic carbocycles. The topological polar surface area (TPSA) is 63.4 Å². The van der Waals surface area contributed by atoms with Crippen LogP contribution in [0.1, 0.15) is 29.0 Å². The second-order valence-electron chi connectivity index (χ2n) is 5.78. The average molecular weight is 360 g/mol. The van der Waals surface area contributed by atoms with Crippen molar-refractivity contribution < 1.29 is 23.0 Å². The van der Waals surface area contributed by atoms with Crippen molar-refractivity contribution in [1.29, 1.82) is 0 Å². The lowest BCUT2D eigenvalue weighted by Crippen LogP contribution is -2.26. The molecule has 3 aromatic rings. The normalized spacial score (nSPS) is 12.2. The molecule has 0 radical (unpaired) electrons. The average Bonchev–Trinajstić information content (AvgIpc) is 3.04. The maximum absolute atomic E-state index is 12.5. The Morgan fingerprint density at radius 2 is 1.92 bits per heavy atom. The maximum Gasteiger partial charge on any atom is 0.387 e. The van der Waals surface area contributed by atoms with Crippen molar-refractivity contribution in [2.24, 2.45) is 0 Å². The van der Waals surface area contributed by atoms with Gasteiger partial charge in [-0.05, 0) is 42.8 Å². The van der Waals surface area contributed by atoms with Crippen LogP contribution in [0.2, 0.25) is 0 Å². The van der Waals surface area contributed by atoms with Gasteiger partial charge in [-0.1, -0.05) is 12.1 Å². The van der Waals surface area contributed by atoms with E-state index in [9.17, 15) is 13.6 Å². The SMILES string of the molecule is COc1ccc2cc(C(=O)NC(C)c3cccc(OC(F)F)c3)[nH]c2c1. The van der Waals surface area contributed by atoms with Gasteiger partial charge in [0.15, 0.2) is 0 Å². The van der Waals surface area contributed by atoms with Crippen LogP contribution in [-0.4, -0.2) is 24.6 Å². The number of H-pyrrole nitrogens is 1. The quantitative estimate of drug-likeness (QED) is 0.690. The number of halogens is 2. The fourth-order valence-electron chi connectivity index (χ4n) is 2.67. The van der Waals surface area contributed by atoms with Crippen molar-refractivity contribution in [3.8, 4) is 11.5 Å². The van der Waals surface area contributed by atoms with Gasteiger partial charge in [0, 0.05) is 17.0 Å². The molecule has 0 bridgehead atoms. The van der Waals surface area contributed by atoms with Crippen LogP contribution >= 0.6 is 0 Å². The summed E-state index contributed by atoms with van der Waals surface area (Å²) in [4.78, 5) is 15.5. The van der Waals surface area contributed by atoms with Crippen LogP contribution in [0.4, 0.5) is 8.78 Å². The minimum atomic E-state index is -2.89. The Labute approximate surface area is 148 Å². The molecule has 5 nitrogen and oxygen atoms in total. The van der Waals surface area contributed by atoms with Gasteiger partial charge in [-0.15, -0.1) is 0 Å². The molecule has 0 aliphatic heterocycles. The third-order valence-corrected chi connectivity index (χ3v) is 4.01. The Morgan fingerprint density at radius 3 is 2.65 bits per heavy atom. The molecule has 0 spiro atoms. The molecule has 7 heteroatoms. The zero-order valence-electron chi connectivity index (χ0n) is 14.3. The number of carbonyl (C=O) groups excluding carboxylic acids is 1. The van der Waals surface area contributed by atoms with E-state index in [0.717, 1.165) is 10.9 Å². The molecule has 0 aliphatic rings. The zero-order chi connectivity index (χ0) is 18.7. The van der Waals surface area contributed by atoms with Crippen molar-refractivity contribution in [1.82, 2.24) is 10.3 Å². The van der Waals surface area contributed by atoms with Crippen LogP contribution in [0.25, 0.3) is 10.9 Å². The molecule has 1 aromatic heterocycles. The highest BCUT2D eigenvalue weighted by molar-refractivity contribution is 5.98. The molecule has 26 heavy (non-hydrogen) atoms. The van der Waals surface area contributed by atoms with Crippen molar-refractivity contribution in [3.05, 3.63) is 59.8 Å². The molecule has 0 aliphatic carbocycles. The third-order valence-electron chi connectivity index (χ3n) is 4.01. The van der Waals surface area contributed by atoms with Crippen molar-refractivity contribution in [3.63, 3.8) is 0 Å². The van der Waals surface area contributed by atoms with Crippen molar-refractivity contribution in [2.75, 3.05) is 7.11 Å². The van der Waals surface area contributed by atoms with Gasteiger partial charge < -0.3 is 19.8 Å². The molecule has 0 saturated carbocycles. The first kappa shape index (κ1) is 17.7. The Morgan fingerprint density at radius 1 is 1.12 bits per heavy atom. The van der Waals surface area contributed by atoms with Crippen LogP contribution in [0.3, 0.4) is 0 Å². The minimum absolute atomic E-state index is 0.0521. The van der Waals surface area contributed by atoms with E-state index in [2.05, 4.69) is 15.0 Å². The summed E-state index contributed by atoms with van der Waals surface area (Å²) in [6.45, 7) is -1.12. The standard InChI is InChI=1S/C19H18F2N2O3/c1-11(12-4-3-5-15(8-12)26-19(20)21)22-18(24)17-9-13-6-7-14(25-2)10-16(13)23-17/h3-11,19,23H,1-2H3,(H,22,24). The second kappa shape index (κ2) is 7.43. The van der Waals surface area contributed by atoms with Gasteiger partial charge in [0.2, 0.25) is 0 Å². The van der Waals surface area contributed by atoms with E-state index in [4.69, 9.17) is 4.74 Å². The number of fused-ring (bicyclic) bond motifs is 1. The van der Waals surface area contributed by atoms with Gasteiger partial charge in [0.05, 0.1) is 13.2 Å². The fraction of sp³-hybridized carbons (Fsp3) is 0.211. The summed E-state index contributed by atoms with van der Waals surface area (Å²) in [6.07, 6.45) is 0. The predicted molar refractivity (Wildman–Crippen MR) is 93.8 cm³/mol. The molecule has 1 amide bonds. The van der Waals surface area contributed by atoms with Gasteiger partial charge in [-0.2, -0.15) is 8.78 Å². The van der Waals surface area contributed by atoms with Crippen LogP contribution in [0.15, 0.2) is 48.5 Å². The van der Waals surface area contributed by atoms with E-state index < -0.39 is 6.61 Å². The molecule has 1 unspecified atom stereocenters. The number of hydrogen-bond donors (Lipinski definition) is 2. The lowest BCUT2D eigenvalue weighted by molar-refractivity contribution is -0.0499. The smallest absolute Gasteiger partial charge is 0.387 e. The minimum Gasteiger partial charge on any atom is -0.497 e. The van der Waals surface area contributed by atoms with Gasteiger partial charge >= 0.3 is 6.61 Å². The van der Waals surface area contributed by atoms with Gasteiger partial charge in [0.1, 0.15) is 17.2 Å². The number of ether oxygens (including phenoxy) is 2. The largest absolute Gasteiger partial charge is 0.497 e. The van der Waals surface area contributed by atoms with Gasteiger partial charge in [-0.25, -0.2) is 0 Å². The first-order valence-corrected chi connectivity index (χ1v) is 7.98. The summed E-state index contributed by atoms with van der Waals surface area (Å²) < 4.78 is 34.2. The Kier molecular flexibility index (Phi) is 5.06. The van der Waals surface area contributed by atoms with Crippen molar-refractivity contribution >= 4 is 16.8 Å². The second-order valence-corrected chi connectivity index (χ2v) is 5.78. The summed E-state index contributed by atoms with van der Waals surface area (Å²) in [5, 5.41) is 3.72. The van der Waals surface area contributed by atoms with E-state index in [-0.39, 0.29) is 17.7 Å². The maximum atomic E-state index is 12.5. The Bertz CT molecular complexity index is 924. The van der Waals surface area contributed by atoms with Crippen LogP contribution in [-0.2, 0) is 0 Å². The molecular weight excluding hydrogens is 342 g/mol. The molecule has 1 atom stereocenters. The number of hydrogen-bond acceptors (Lipinski definition) is 3. The zero-order valence-corrected chi connectivity index (χ0v) is 14.3. The van der Waals surface area contributed by atoms with Gasteiger partial charge in [-0.3, -0.25) is 4.79 Å². The van der Waals surface area contributed by atoms with E-state index in [0.29, 0.717) is 17.0 Å². The van der Waals surface area contributed by atoms with Crippen LogP contribution in [0.5, 0.6) is 11.5 Å². The Hall–Kier alpha value is -3.09.